The summed E-state index contributed by atoms with van der Waals surface area (Å²) in [6.07, 6.45) is 8.76. The number of fused-ring (bicyclic) bond motifs is 4. The van der Waals surface area contributed by atoms with E-state index in [2.05, 4.69) is 25.0 Å². The minimum absolute atomic E-state index is 0.000334. The van der Waals surface area contributed by atoms with Crippen molar-refractivity contribution in [3.8, 4) is 23.0 Å². The number of phenols is 1. The van der Waals surface area contributed by atoms with Gasteiger partial charge in [0.25, 0.3) is 0 Å². The number of amides is 3. The predicted octanol–water partition coefficient (Wildman–Crippen LogP) is 6.42. The molecule has 0 saturated carbocycles. The Morgan fingerprint density at radius 2 is 1.68 bits per heavy atom. The molecule has 6 saturated heterocycles. The third kappa shape index (κ3) is 9.89. The number of hydrogen-bond donors (Lipinski definition) is 3. The average molecular weight is 1090 g/mol. The van der Waals surface area contributed by atoms with Crippen molar-refractivity contribution in [2.45, 2.75) is 108 Å². The number of aliphatic hydroxyl groups is 1. The van der Waals surface area contributed by atoms with Gasteiger partial charge in [-0.25, -0.2) is 18.4 Å². The fourth-order valence-corrected chi connectivity index (χ4v) is 13.8. The molecule has 0 aliphatic carbocycles. The monoisotopic (exact) mass is 1090 g/mol. The van der Waals surface area contributed by atoms with Gasteiger partial charge in [-0.1, -0.05) is 13.0 Å². The minimum atomic E-state index is -1.00. The highest BCUT2D eigenvalue weighted by Crippen LogP contribution is 2.44. The summed E-state index contributed by atoms with van der Waals surface area (Å²) >= 11 is 0. The van der Waals surface area contributed by atoms with E-state index in [0.717, 1.165) is 89.0 Å². The largest absolute Gasteiger partial charge is 0.508 e. The standard InChI is InChI=1S/C58H69F2N11O8/c1-4-40-43(59)9-7-36-27-39(72)29-41(48(36)40)50-49(60)51-42(30-61-50)52(69-19-5-16-57(2,77)33-69)64-54(63-51)79-34-58-17-6-20-70(58)38(13-18-58)32-78-56(76)68-25-23-66(24-26-68)31-35-14-21-67(22-15-35)37-8-10-44-46(28-37)65(3)55(75)71(44)45-11-12-47(73)62-53(45)74/h7-10,27-30,35,38,45,72,77H,4-6,11-26,31-34H2,1-3H3,(H,62,73,74)/t38-,45?,57+,58-/m0/s1. The number of pyridine rings is 1. The van der Waals surface area contributed by atoms with E-state index < -0.39 is 29.2 Å². The van der Waals surface area contributed by atoms with Crippen LogP contribution >= 0.6 is 0 Å². The lowest BCUT2D eigenvalue weighted by molar-refractivity contribution is -0.135. The molecule has 19 nitrogen and oxygen atoms in total. The summed E-state index contributed by atoms with van der Waals surface area (Å²) in [6.45, 7) is 11.1. The zero-order valence-electron chi connectivity index (χ0n) is 45.2. The number of nitrogens with one attached hydrogen (secondary N) is 1. The molecule has 79 heavy (non-hydrogen) atoms. The molecule has 0 radical (unpaired) electrons. The van der Waals surface area contributed by atoms with Crippen molar-refractivity contribution in [3.63, 3.8) is 0 Å². The minimum Gasteiger partial charge on any atom is -0.508 e. The van der Waals surface area contributed by atoms with E-state index >= 15 is 8.78 Å². The molecule has 6 aliphatic heterocycles. The van der Waals surface area contributed by atoms with Crippen molar-refractivity contribution >= 4 is 62.1 Å². The maximum Gasteiger partial charge on any atom is 0.409 e. The van der Waals surface area contributed by atoms with Gasteiger partial charge in [-0.05, 0) is 136 Å². The highest BCUT2D eigenvalue weighted by molar-refractivity contribution is 6.02. The molecule has 0 bridgehead atoms. The number of hydrogen-bond acceptors (Lipinski definition) is 15. The number of phenolic OH excluding ortho intramolecular Hbond substituents is 1. The number of carbonyl (C=O) groups is 3. The summed E-state index contributed by atoms with van der Waals surface area (Å²) in [6, 6.07) is 11.1. The van der Waals surface area contributed by atoms with Crippen LogP contribution in [0.5, 0.6) is 11.8 Å². The van der Waals surface area contributed by atoms with Gasteiger partial charge < -0.3 is 34.4 Å². The van der Waals surface area contributed by atoms with Gasteiger partial charge in [-0.3, -0.25) is 38.8 Å². The first-order chi connectivity index (χ1) is 38.1. The van der Waals surface area contributed by atoms with E-state index in [9.17, 15) is 29.4 Å². The number of ether oxygens (including phenoxy) is 2. The Morgan fingerprint density at radius 3 is 2.46 bits per heavy atom. The van der Waals surface area contributed by atoms with Crippen LogP contribution in [0.15, 0.2) is 53.5 Å². The van der Waals surface area contributed by atoms with Gasteiger partial charge in [0.15, 0.2) is 5.82 Å². The molecule has 12 rings (SSSR count). The van der Waals surface area contributed by atoms with E-state index in [-0.39, 0.29) is 84.0 Å². The fraction of sp³-hybridized carbons (Fsp3) is 0.534. The molecule has 1 unspecified atom stereocenters. The summed E-state index contributed by atoms with van der Waals surface area (Å²) in [7, 11) is 1.72. The number of anilines is 2. The number of halogens is 2. The molecule has 3 aromatic carbocycles. The number of nitrogens with zero attached hydrogens (tertiary/aromatic N) is 10. The van der Waals surface area contributed by atoms with E-state index in [4.69, 9.17) is 19.4 Å². The first kappa shape index (κ1) is 52.7. The molecule has 3 aromatic heterocycles. The van der Waals surface area contributed by atoms with Crippen molar-refractivity contribution in [3.05, 3.63) is 76.3 Å². The molecule has 3 N–H and O–H groups in total. The summed E-state index contributed by atoms with van der Waals surface area (Å²) < 4.78 is 48.2. The molecule has 9 heterocycles. The quantitative estimate of drug-likeness (QED) is 0.113. The Bertz CT molecular complexity index is 3440. The second-order valence-corrected chi connectivity index (χ2v) is 23.2. The topological polar surface area (TPSA) is 204 Å². The molecule has 0 spiro atoms. The summed E-state index contributed by atoms with van der Waals surface area (Å²) in [5, 5.41) is 25.7. The van der Waals surface area contributed by atoms with E-state index in [1.165, 1.54) is 29.0 Å². The lowest BCUT2D eigenvalue weighted by atomic mass is 9.94. The van der Waals surface area contributed by atoms with Crippen molar-refractivity contribution in [1.82, 2.24) is 44.1 Å². The molecule has 6 aromatic rings. The van der Waals surface area contributed by atoms with Gasteiger partial charge >= 0.3 is 17.8 Å². The summed E-state index contributed by atoms with van der Waals surface area (Å²) in [4.78, 5) is 76.5. The van der Waals surface area contributed by atoms with Gasteiger partial charge in [0.1, 0.15) is 47.9 Å². The second kappa shape index (κ2) is 20.9. The van der Waals surface area contributed by atoms with E-state index in [0.29, 0.717) is 84.3 Å². The zero-order chi connectivity index (χ0) is 54.9. The van der Waals surface area contributed by atoms with Crippen LogP contribution < -0.4 is 25.5 Å². The molecule has 418 valence electrons. The smallest absolute Gasteiger partial charge is 0.409 e. The maximum absolute atomic E-state index is 17.3. The van der Waals surface area contributed by atoms with Crippen LogP contribution in [0.4, 0.5) is 25.1 Å². The number of piperazine rings is 1. The highest BCUT2D eigenvalue weighted by atomic mass is 19.1. The van der Waals surface area contributed by atoms with Crippen LogP contribution in [-0.4, -0.2) is 163 Å². The molecule has 3 amide bonds. The maximum atomic E-state index is 17.3. The molecule has 6 aliphatic rings. The van der Waals surface area contributed by atoms with Crippen LogP contribution in [0.2, 0.25) is 0 Å². The molecule has 21 heteroatoms. The Hall–Kier alpha value is -6.97. The van der Waals surface area contributed by atoms with Crippen LogP contribution in [-0.2, 0) is 27.8 Å². The summed E-state index contributed by atoms with van der Waals surface area (Å²) in [5.41, 5.74) is 1.31. The Kier molecular flexibility index (Phi) is 14.0. The van der Waals surface area contributed by atoms with Crippen LogP contribution in [0, 0.1) is 17.6 Å². The third-order valence-electron chi connectivity index (χ3n) is 18.0. The lowest BCUT2D eigenvalue weighted by Gasteiger charge is -2.39. The van der Waals surface area contributed by atoms with Crippen molar-refractivity contribution < 1.29 is 42.9 Å². The van der Waals surface area contributed by atoms with Crippen molar-refractivity contribution in [2.75, 3.05) is 88.5 Å². The van der Waals surface area contributed by atoms with E-state index in [1.807, 2.05) is 34.9 Å². The first-order valence-electron chi connectivity index (χ1n) is 28.2. The number of aromatic hydroxyl groups is 1. The van der Waals surface area contributed by atoms with Gasteiger partial charge in [-0.2, -0.15) is 9.97 Å². The normalized spacial score (nSPS) is 24.5. The Labute approximate surface area is 456 Å². The van der Waals surface area contributed by atoms with Gasteiger partial charge in [-0.15, -0.1) is 0 Å². The van der Waals surface area contributed by atoms with Gasteiger partial charge in [0.05, 0.1) is 27.6 Å². The third-order valence-corrected chi connectivity index (χ3v) is 18.0. The predicted molar refractivity (Wildman–Crippen MR) is 293 cm³/mol. The second-order valence-electron chi connectivity index (χ2n) is 23.2. The number of imidazole rings is 1. The molecule has 6 fully saturated rings. The SMILES string of the molecule is CCc1c(F)ccc2cc(O)cc(-c3ncc4c(N5CCC[C@@](C)(O)C5)nc(OC[C@@]56CCCN5[C@H](COC(=O)N5CCN(CC7CCN(c8ccc9c(c8)n(C)c(=O)n9C8CCC(=O)NC8=O)CC7)CC5)CC6)nc4c3F)c12. The number of aryl methyl sites for hydroxylation is 2. The van der Waals surface area contributed by atoms with Crippen molar-refractivity contribution in [2.24, 2.45) is 13.0 Å². The number of aromatic nitrogens is 5. The number of benzene rings is 3. The Balaban J connectivity index is 0.664. The number of piperidine rings is 3. The van der Waals surface area contributed by atoms with Crippen LogP contribution in [0.25, 0.3) is 44.0 Å². The number of imide groups is 1. The van der Waals surface area contributed by atoms with Crippen LogP contribution in [0.3, 0.4) is 0 Å². The van der Waals surface area contributed by atoms with Gasteiger partial charge in [0.2, 0.25) is 11.8 Å². The van der Waals surface area contributed by atoms with Crippen molar-refractivity contribution in [1.29, 1.82) is 0 Å². The number of β-amino-alcohol motifs (C(OH)–C–C–N with tert-alkyl or cyclic N) is 1. The molecule has 4 atom stereocenters. The van der Waals surface area contributed by atoms with Gasteiger partial charge in [0, 0.05) is 95.9 Å². The lowest BCUT2D eigenvalue weighted by Crippen LogP contribution is -2.51. The summed E-state index contributed by atoms with van der Waals surface area (Å²) in [5.74, 6) is -1.17. The number of rotatable bonds is 12. The zero-order valence-corrected chi connectivity index (χ0v) is 45.2. The average Bonchev–Trinajstić information content (AvgIpc) is 4.32. The van der Waals surface area contributed by atoms with Crippen LogP contribution in [0.1, 0.15) is 89.7 Å². The highest BCUT2D eigenvalue weighted by Gasteiger charge is 2.50. The number of carbonyl (C=O) groups excluding carboxylic acids is 3. The fourth-order valence-electron chi connectivity index (χ4n) is 13.8. The molecular weight excluding hydrogens is 1020 g/mol. The first-order valence-corrected chi connectivity index (χ1v) is 28.2. The van der Waals surface area contributed by atoms with E-state index in [1.54, 1.807) is 24.6 Å². The Morgan fingerprint density at radius 1 is 0.886 bits per heavy atom. The molecular formula is C58H69F2N11O8.